The normalized spacial score (nSPS) is 11.5. The highest BCUT2D eigenvalue weighted by Gasteiger charge is 2.26. The first-order chi connectivity index (χ1) is 11.8. The van der Waals surface area contributed by atoms with Gasteiger partial charge in [0.2, 0.25) is 5.78 Å². The van der Waals surface area contributed by atoms with E-state index in [1.54, 1.807) is 12.1 Å². The maximum Gasteiger partial charge on any atom is 0.345 e. The molecule has 0 radical (unpaired) electrons. The average molecular weight is 364 g/mol. The molecule has 2 rings (SSSR count). The molecule has 2 aromatic carbocycles. The third kappa shape index (κ3) is 4.33. The number of hydrogen-bond acceptors (Lipinski definition) is 6. The number of methoxy groups -OCH3 is 1. The number of Topliss-reactive ketones (excluding diaryl/α,β-unsaturated/α-hetero) is 1. The third-order valence-electron chi connectivity index (χ3n) is 3.40. The van der Waals surface area contributed by atoms with Gasteiger partial charge in [-0.15, -0.1) is 0 Å². The minimum atomic E-state index is -1.13. The molecule has 0 fully saturated rings. The molecule has 0 bridgehead atoms. The lowest BCUT2D eigenvalue weighted by molar-refractivity contribution is -0.385. The Labute approximate surface area is 148 Å². The van der Waals surface area contributed by atoms with Crippen molar-refractivity contribution in [2.75, 3.05) is 7.11 Å². The summed E-state index contributed by atoms with van der Waals surface area (Å²) in [6.45, 7) is 1.39. The molecule has 0 aliphatic heterocycles. The van der Waals surface area contributed by atoms with E-state index < -0.39 is 28.5 Å². The highest BCUT2D eigenvalue weighted by atomic mass is 35.5. The van der Waals surface area contributed by atoms with Crippen LogP contribution in [0.15, 0.2) is 42.5 Å². The zero-order valence-electron chi connectivity index (χ0n) is 13.4. The number of hydrogen-bond donors (Lipinski definition) is 0. The number of ether oxygens (including phenoxy) is 2. The van der Waals surface area contributed by atoms with E-state index in [1.807, 2.05) is 0 Å². The summed E-state index contributed by atoms with van der Waals surface area (Å²) in [5.74, 6) is -0.861. The van der Waals surface area contributed by atoms with Crippen LogP contribution in [0.4, 0.5) is 5.69 Å². The zero-order valence-corrected chi connectivity index (χ0v) is 14.1. The number of ketones is 1. The molecule has 0 aromatic heterocycles. The second-order valence-electron chi connectivity index (χ2n) is 5.06. The summed E-state index contributed by atoms with van der Waals surface area (Å²) in [7, 11) is 1.50. The number of nitro groups is 1. The van der Waals surface area contributed by atoms with Crippen LogP contribution in [0.5, 0.6) is 5.75 Å². The van der Waals surface area contributed by atoms with Crippen LogP contribution in [0.25, 0.3) is 0 Å². The number of carbonyl (C=O) groups excluding carboxylic acids is 2. The Morgan fingerprint density at radius 2 is 1.80 bits per heavy atom. The molecule has 0 spiro atoms. The lowest BCUT2D eigenvalue weighted by Crippen LogP contribution is -2.24. The van der Waals surface area contributed by atoms with Crippen LogP contribution in [0.1, 0.15) is 27.6 Å². The molecule has 1 atom stereocenters. The Morgan fingerprint density at radius 1 is 1.16 bits per heavy atom. The molecule has 8 heteroatoms. The van der Waals surface area contributed by atoms with E-state index in [2.05, 4.69) is 0 Å². The predicted octanol–water partition coefficient (Wildman–Crippen LogP) is 3.69. The molecule has 7 nitrogen and oxygen atoms in total. The van der Waals surface area contributed by atoms with E-state index in [0.717, 1.165) is 12.1 Å². The minimum absolute atomic E-state index is 0.145. The Bertz CT molecular complexity index is 818. The molecular weight excluding hydrogens is 350 g/mol. The van der Waals surface area contributed by atoms with E-state index in [1.165, 1.54) is 32.2 Å². The summed E-state index contributed by atoms with van der Waals surface area (Å²) in [5, 5.41) is 11.2. The summed E-state index contributed by atoms with van der Waals surface area (Å²) in [6.07, 6.45) is -1.13. The number of halogens is 1. The van der Waals surface area contributed by atoms with Gasteiger partial charge in [-0.25, -0.2) is 4.79 Å². The van der Waals surface area contributed by atoms with Crippen LogP contribution in [-0.2, 0) is 4.74 Å². The molecule has 0 aliphatic carbocycles. The number of nitrogens with zero attached hydrogens (tertiary/aromatic N) is 1. The van der Waals surface area contributed by atoms with Crippen molar-refractivity contribution in [2.24, 2.45) is 0 Å². The van der Waals surface area contributed by atoms with Gasteiger partial charge >= 0.3 is 5.97 Å². The molecule has 25 heavy (non-hydrogen) atoms. The van der Waals surface area contributed by atoms with E-state index in [9.17, 15) is 19.7 Å². The number of benzene rings is 2. The molecule has 0 saturated heterocycles. The van der Waals surface area contributed by atoms with Crippen molar-refractivity contribution in [3.63, 3.8) is 0 Å². The molecule has 0 saturated carbocycles. The predicted molar refractivity (Wildman–Crippen MR) is 90.3 cm³/mol. The van der Waals surface area contributed by atoms with Gasteiger partial charge in [-0.05, 0) is 43.3 Å². The molecule has 0 heterocycles. The Kier molecular flexibility index (Phi) is 5.71. The summed E-state index contributed by atoms with van der Waals surface area (Å²) >= 11 is 5.78. The first-order valence-corrected chi connectivity index (χ1v) is 7.54. The average Bonchev–Trinajstić information content (AvgIpc) is 2.60. The quantitative estimate of drug-likeness (QED) is 0.336. The molecular formula is C17H14ClNO6. The van der Waals surface area contributed by atoms with Gasteiger partial charge in [0.15, 0.2) is 6.10 Å². The van der Waals surface area contributed by atoms with Gasteiger partial charge in [-0.2, -0.15) is 0 Å². The summed E-state index contributed by atoms with van der Waals surface area (Å²) in [5.41, 5.74) is -0.438. The highest BCUT2D eigenvalue weighted by molar-refractivity contribution is 6.31. The minimum Gasteiger partial charge on any atom is -0.497 e. The van der Waals surface area contributed by atoms with Gasteiger partial charge in [0.05, 0.1) is 12.0 Å². The Balaban J connectivity index is 2.18. The number of nitro benzene ring substituents is 1. The van der Waals surface area contributed by atoms with Crippen LogP contribution in [0, 0.1) is 10.1 Å². The standard InChI is InChI=1S/C17H14ClNO6/c1-10(16(20)11-3-6-13(24-2)7-4-11)25-17(21)14-9-12(18)5-8-15(14)19(22)23/h3-10H,1-2H3/t10-/m0/s1. The highest BCUT2D eigenvalue weighted by Crippen LogP contribution is 2.24. The fourth-order valence-electron chi connectivity index (χ4n) is 2.10. The van der Waals surface area contributed by atoms with Gasteiger partial charge in [-0.3, -0.25) is 14.9 Å². The fourth-order valence-corrected chi connectivity index (χ4v) is 2.27. The lowest BCUT2D eigenvalue weighted by Gasteiger charge is -2.13. The maximum atomic E-state index is 12.3. The number of rotatable bonds is 6. The van der Waals surface area contributed by atoms with Crippen LogP contribution < -0.4 is 4.74 Å². The molecule has 130 valence electrons. The van der Waals surface area contributed by atoms with Crippen molar-refractivity contribution in [1.82, 2.24) is 0 Å². The van der Waals surface area contributed by atoms with Crippen molar-refractivity contribution in [1.29, 1.82) is 0 Å². The molecule has 0 aliphatic rings. The zero-order chi connectivity index (χ0) is 18.6. The van der Waals surface area contributed by atoms with Crippen LogP contribution >= 0.6 is 11.6 Å². The van der Waals surface area contributed by atoms with E-state index >= 15 is 0 Å². The van der Waals surface area contributed by atoms with Crippen molar-refractivity contribution in [2.45, 2.75) is 13.0 Å². The molecule has 2 aromatic rings. The second-order valence-corrected chi connectivity index (χ2v) is 5.50. The number of carbonyl (C=O) groups is 2. The van der Waals surface area contributed by atoms with Crippen molar-refractivity contribution in [3.05, 3.63) is 68.7 Å². The lowest BCUT2D eigenvalue weighted by atomic mass is 10.1. The summed E-state index contributed by atoms with van der Waals surface area (Å²) in [4.78, 5) is 34.8. The molecule has 0 N–H and O–H groups in total. The van der Waals surface area contributed by atoms with E-state index in [0.29, 0.717) is 11.3 Å². The van der Waals surface area contributed by atoms with Crippen LogP contribution in [0.2, 0.25) is 5.02 Å². The van der Waals surface area contributed by atoms with Gasteiger partial charge < -0.3 is 9.47 Å². The van der Waals surface area contributed by atoms with Crippen LogP contribution in [0.3, 0.4) is 0 Å². The number of esters is 1. The van der Waals surface area contributed by atoms with Crippen molar-refractivity contribution in [3.8, 4) is 5.75 Å². The SMILES string of the molecule is COc1ccc(C(=O)[C@H](C)OC(=O)c2cc(Cl)ccc2[N+](=O)[O-])cc1. The monoisotopic (exact) mass is 363 g/mol. The second kappa shape index (κ2) is 7.76. The maximum absolute atomic E-state index is 12.3. The van der Waals surface area contributed by atoms with Crippen molar-refractivity contribution < 1.29 is 24.0 Å². The van der Waals surface area contributed by atoms with Crippen LogP contribution in [-0.4, -0.2) is 29.9 Å². The van der Waals surface area contributed by atoms with Gasteiger partial charge in [0.1, 0.15) is 11.3 Å². The third-order valence-corrected chi connectivity index (χ3v) is 3.64. The first-order valence-electron chi connectivity index (χ1n) is 7.16. The van der Waals surface area contributed by atoms with E-state index in [-0.39, 0.29) is 10.6 Å². The smallest absolute Gasteiger partial charge is 0.345 e. The topological polar surface area (TPSA) is 95.7 Å². The Hall–Kier alpha value is -2.93. The van der Waals surface area contributed by atoms with Gasteiger partial charge in [-0.1, -0.05) is 11.6 Å². The largest absolute Gasteiger partial charge is 0.497 e. The first kappa shape index (κ1) is 18.4. The van der Waals surface area contributed by atoms with Crippen molar-refractivity contribution >= 4 is 29.0 Å². The Morgan fingerprint density at radius 3 is 2.36 bits per heavy atom. The summed E-state index contributed by atoms with van der Waals surface area (Å²) < 4.78 is 10.1. The molecule has 0 amide bonds. The summed E-state index contributed by atoms with van der Waals surface area (Å²) in [6, 6.07) is 9.80. The molecule has 0 unspecified atom stereocenters. The van der Waals surface area contributed by atoms with E-state index in [4.69, 9.17) is 21.1 Å². The fraction of sp³-hybridized carbons (Fsp3) is 0.176. The van der Waals surface area contributed by atoms with Gasteiger partial charge in [0.25, 0.3) is 5.69 Å². The van der Waals surface area contributed by atoms with Gasteiger partial charge in [0, 0.05) is 16.7 Å².